The van der Waals surface area contributed by atoms with Gasteiger partial charge in [-0.05, 0) is 19.1 Å². The molecular weight excluding hydrogens is 217 g/mol. The van der Waals surface area contributed by atoms with Crippen LogP contribution in [0.3, 0.4) is 0 Å². The minimum Gasteiger partial charge on any atom is -0.379 e. The summed E-state index contributed by atoms with van der Waals surface area (Å²) >= 11 is 0. The Morgan fingerprint density at radius 1 is 1.40 bits per heavy atom. The standard InChI is InChI=1S/C10H14FNO2S/c1-8(7-15(2,13)14)12-10-6-4-3-5-9(10)11/h3-6,8,12H,7H2,1-2H3. The van der Waals surface area contributed by atoms with Gasteiger partial charge in [0.2, 0.25) is 0 Å². The minimum absolute atomic E-state index is 0.0126. The first kappa shape index (κ1) is 12.0. The molecule has 0 aliphatic carbocycles. The smallest absolute Gasteiger partial charge is 0.149 e. The predicted octanol–water partition coefficient (Wildman–Crippen LogP) is 1.67. The van der Waals surface area contributed by atoms with E-state index >= 15 is 0 Å². The van der Waals surface area contributed by atoms with E-state index in [2.05, 4.69) is 5.32 Å². The van der Waals surface area contributed by atoms with Crippen molar-refractivity contribution in [2.75, 3.05) is 17.3 Å². The minimum atomic E-state index is -3.04. The van der Waals surface area contributed by atoms with Crippen molar-refractivity contribution in [1.82, 2.24) is 0 Å². The highest BCUT2D eigenvalue weighted by atomic mass is 32.2. The van der Waals surface area contributed by atoms with Gasteiger partial charge in [-0.15, -0.1) is 0 Å². The number of hydrogen-bond donors (Lipinski definition) is 1. The van der Waals surface area contributed by atoms with Gasteiger partial charge in [-0.3, -0.25) is 0 Å². The molecule has 0 heterocycles. The zero-order valence-electron chi connectivity index (χ0n) is 8.70. The fraction of sp³-hybridized carbons (Fsp3) is 0.400. The van der Waals surface area contributed by atoms with Crippen molar-refractivity contribution in [3.8, 4) is 0 Å². The monoisotopic (exact) mass is 231 g/mol. The second kappa shape index (κ2) is 4.61. The highest BCUT2D eigenvalue weighted by Gasteiger charge is 2.11. The topological polar surface area (TPSA) is 46.2 Å². The van der Waals surface area contributed by atoms with Crippen molar-refractivity contribution in [2.45, 2.75) is 13.0 Å². The summed E-state index contributed by atoms with van der Waals surface area (Å²) in [6.45, 7) is 1.70. The Kier molecular flexibility index (Phi) is 3.68. The van der Waals surface area contributed by atoms with E-state index in [0.717, 1.165) is 6.26 Å². The Hall–Kier alpha value is -1.10. The molecule has 1 unspecified atom stereocenters. The van der Waals surface area contributed by atoms with Crippen LogP contribution in [0.4, 0.5) is 10.1 Å². The zero-order chi connectivity index (χ0) is 11.5. The molecular formula is C10H14FNO2S. The summed E-state index contributed by atoms with van der Waals surface area (Å²) in [5.74, 6) is -0.390. The molecule has 0 spiro atoms. The third-order valence-electron chi connectivity index (χ3n) is 1.83. The van der Waals surface area contributed by atoms with E-state index in [-0.39, 0.29) is 17.6 Å². The highest BCUT2D eigenvalue weighted by molar-refractivity contribution is 7.90. The van der Waals surface area contributed by atoms with Crippen LogP contribution in [0, 0.1) is 5.82 Å². The predicted molar refractivity (Wildman–Crippen MR) is 59.2 cm³/mol. The van der Waals surface area contributed by atoms with Gasteiger partial charge < -0.3 is 5.32 Å². The lowest BCUT2D eigenvalue weighted by molar-refractivity contribution is 0.596. The molecule has 0 aromatic heterocycles. The Bertz CT molecular complexity index is 431. The van der Waals surface area contributed by atoms with Crippen molar-refractivity contribution in [1.29, 1.82) is 0 Å². The van der Waals surface area contributed by atoms with Crippen LogP contribution in [-0.4, -0.2) is 26.5 Å². The maximum absolute atomic E-state index is 13.2. The summed E-state index contributed by atoms with van der Waals surface area (Å²) in [6, 6.07) is 5.88. The molecule has 1 aromatic carbocycles. The van der Waals surface area contributed by atoms with Crippen molar-refractivity contribution < 1.29 is 12.8 Å². The van der Waals surface area contributed by atoms with Gasteiger partial charge in [0.1, 0.15) is 15.7 Å². The third kappa shape index (κ3) is 4.29. The van der Waals surface area contributed by atoms with Gasteiger partial charge in [0.05, 0.1) is 11.4 Å². The molecule has 1 atom stereocenters. The van der Waals surface area contributed by atoms with E-state index in [9.17, 15) is 12.8 Å². The number of nitrogens with one attached hydrogen (secondary N) is 1. The Balaban J connectivity index is 2.67. The summed E-state index contributed by atoms with van der Waals surface area (Å²) in [6.07, 6.45) is 1.16. The Morgan fingerprint density at radius 3 is 2.53 bits per heavy atom. The first-order chi connectivity index (χ1) is 6.88. The summed E-state index contributed by atoms with van der Waals surface area (Å²) in [7, 11) is -3.04. The fourth-order valence-electron chi connectivity index (χ4n) is 1.34. The van der Waals surface area contributed by atoms with E-state index in [4.69, 9.17) is 0 Å². The maximum atomic E-state index is 13.2. The van der Waals surface area contributed by atoms with Gasteiger partial charge in [0.25, 0.3) is 0 Å². The van der Waals surface area contributed by atoms with Crippen LogP contribution in [0.5, 0.6) is 0 Å². The number of rotatable bonds is 4. The summed E-state index contributed by atoms with van der Waals surface area (Å²) in [5.41, 5.74) is 0.327. The molecule has 1 N–H and O–H groups in total. The van der Waals surface area contributed by atoms with Gasteiger partial charge in [-0.25, -0.2) is 12.8 Å². The zero-order valence-corrected chi connectivity index (χ0v) is 9.51. The molecule has 0 saturated heterocycles. The molecule has 0 amide bonds. The quantitative estimate of drug-likeness (QED) is 0.857. The van der Waals surface area contributed by atoms with Crippen molar-refractivity contribution in [3.63, 3.8) is 0 Å². The number of hydrogen-bond acceptors (Lipinski definition) is 3. The molecule has 1 rings (SSSR count). The lowest BCUT2D eigenvalue weighted by Crippen LogP contribution is -2.25. The van der Waals surface area contributed by atoms with Gasteiger partial charge in [-0.1, -0.05) is 12.1 Å². The molecule has 5 heteroatoms. The SMILES string of the molecule is CC(CS(C)(=O)=O)Nc1ccccc1F. The van der Waals surface area contributed by atoms with Crippen LogP contribution in [0.15, 0.2) is 24.3 Å². The molecule has 0 radical (unpaired) electrons. The third-order valence-corrected chi connectivity index (χ3v) is 2.93. The summed E-state index contributed by atoms with van der Waals surface area (Å²) in [5, 5.41) is 2.81. The first-order valence-electron chi connectivity index (χ1n) is 4.57. The Morgan fingerprint density at radius 2 is 2.00 bits per heavy atom. The van der Waals surface area contributed by atoms with Crippen LogP contribution in [-0.2, 0) is 9.84 Å². The molecule has 1 aromatic rings. The summed E-state index contributed by atoms with van der Waals surface area (Å²) < 4.78 is 35.1. The molecule has 0 aliphatic rings. The summed E-state index contributed by atoms with van der Waals surface area (Å²) in [4.78, 5) is 0. The molecule has 0 bridgehead atoms. The lowest BCUT2D eigenvalue weighted by Gasteiger charge is -2.14. The normalized spacial score (nSPS) is 13.5. The van der Waals surface area contributed by atoms with Crippen LogP contribution in [0.2, 0.25) is 0 Å². The van der Waals surface area contributed by atoms with Crippen LogP contribution in [0.25, 0.3) is 0 Å². The molecule has 15 heavy (non-hydrogen) atoms. The van der Waals surface area contributed by atoms with Crippen molar-refractivity contribution >= 4 is 15.5 Å². The van der Waals surface area contributed by atoms with E-state index in [1.54, 1.807) is 25.1 Å². The van der Waals surface area contributed by atoms with Gasteiger partial charge >= 0.3 is 0 Å². The number of para-hydroxylation sites is 1. The lowest BCUT2D eigenvalue weighted by atomic mass is 10.3. The average Bonchev–Trinajstić information content (AvgIpc) is 2.05. The second-order valence-corrected chi connectivity index (χ2v) is 5.80. The number of halogens is 1. The van der Waals surface area contributed by atoms with Crippen molar-refractivity contribution in [2.24, 2.45) is 0 Å². The fourth-order valence-corrected chi connectivity index (χ4v) is 2.33. The van der Waals surface area contributed by atoms with E-state index in [1.807, 2.05) is 0 Å². The molecule has 0 saturated carbocycles. The van der Waals surface area contributed by atoms with Crippen LogP contribution in [0.1, 0.15) is 6.92 Å². The van der Waals surface area contributed by atoms with Crippen molar-refractivity contribution in [3.05, 3.63) is 30.1 Å². The van der Waals surface area contributed by atoms with Crippen LogP contribution >= 0.6 is 0 Å². The number of sulfone groups is 1. The van der Waals surface area contributed by atoms with E-state index in [1.165, 1.54) is 6.07 Å². The van der Waals surface area contributed by atoms with Gasteiger partial charge in [0, 0.05) is 12.3 Å². The average molecular weight is 231 g/mol. The molecule has 3 nitrogen and oxygen atoms in total. The van der Waals surface area contributed by atoms with Gasteiger partial charge in [-0.2, -0.15) is 0 Å². The van der Waals surface area contributed by atoms with Crippen LogP contribution < -0.4 is 5.32 Å². The molecule has 0 aliphatic heterocycles. The first-order valence-corrected chi connectivity index (χ1v) is 6.63. The number of benzene rings is 1. The van der Waals surface area contributed by atoms with E-state index in [0.29, 0.717) is 5.69 Å². The van der Waals surface area contributed by atoms with E-state index < -0.39 is 9.84 Å². The Labute approximate surface area is 89.2 Å². The maximum Gasteiger partial charge on any atom is 0.149 e. The molecule has 84 valence electrons. The highest BCUT2D eigenvalue weighted by Crippen LogP contribution is 2.13. The largest absolute Gasteiger partial charge is 0.379 e. The van der Waals surface area contributed by atoms with Gasteiger partial charge in [0.15, 0.2) is 0 Å². The number of anilines is 1. The molecule has 0 fully saturated rings. The second-order valence-electron chi connectivity index (χ2n) is 3.62.